The van der Waals surface area contributed by atoms with Crippen molar-refractivity contribution in [3.63, 3.8) is 0 Å². The minimum Gasteiger partial charge on any atom is -0.462 e. The van der Waals surface area contributed by atoms with Gasteiger partial charge in [0.15, 0.2) is 0 Å². The number of anilines is 1. The number of hydrogen-bond acceptors (Lipinski definition) is 6. The molecule has 0 bridgehead atoms. The van der Waals surface area contributed by atoms with Gasteiger partial charge in [0.05, 0.1) is 23.2 Å². The van der Waals surface area contributed by atoms with Crippen LogP contribution in [0.1, 0.15) is 22.8 Å². The maximum absolute atomic E-state index is 12.1. The van der Waals surface area contributed by atoms with Gasteiger partial charge >= 0.3 is 5.97 Å². The molecule has 0 saturated carbocycles. The number of benzene rings is 1. The molecule has 0 radical (unpaired) electrons. The maximum atomic E-state index is 12.1. The van der Waals surface area contributed by atoms with Crippen LogP contribution in [0.4, 0.5) is 11.4 Å². The van der Waals surface area contributed by atoms with Crippen molar-refractivity contribution in [2.24, 2.45) is 0 Å². The maximum Gasteiger partial charge on any atom is 0.341 e. The van der Waals surface area contributed by atoms with E-state index in [0.29, 0.717) is 22.3 Å². The van der Waals surface area contributed by atoms with E-state index in [0.717, 1.165) is 0 Å². The van der Waals surface area contributed by atoms with Crippen LogP contribution in [0.25, 0.3) is 11.6 Å². The number of ether oxygens (including phenoxy) is 1. The first kappa shape index (κ1) is 18.8. The number of fused-ring (bicyclic) bond motifs is 1. The van der Waals surface area contributed by atoms with Gasteiger partial charge in [-0.15, -0.1) is 0 Å². The summed E-state index contributed by atoms with van der Waals surface area (Å²) in [5.74, 6) is -0.876. The Bertz CT molecular complexity index is 1070. The molecule has 0 aliphatic heterocycles. The van der Waals surface area contributed by atoms with Crippen LogP contribution in [0, 0.1) is 10.1 Å². The first-order valence-electron chi connectivity index (χ1n) is 8.36. The normalized spacial score (nSPS) is 10.9. The summed E-state index contributed by atoms with van der Waals surface area (Å²) in [5, 5.41) is 17.4. The lowest BCUT2D eigenvalue weighted by Crippen LogP contribution is -2.08. The Hall–Kier alpha value is -4.01. The van der Waals surface area contributed by atoms with Gasteiger partial charge in [-0.05, 0) is 42.8 Å². The quantitative estimate of drug-likeness (QED) is 0.304. The van der Waals surface area contributed by atoms with Crippen molar-refractivity contribution in [3.05, 3.63) is 76.1 Å². The lowest BCUT2D eigenvalue weighted by atomic mass is 10.2. The monoisotopic (exact) mass is 380 g/mol. The third-order valence-corrected chi connectivity index (χ3v) is 3.82. The molecule has 2 heterocycles. The Kier molecular flexibility index (Phi) is 5.45. The molecule has 1 amide bonds. The number of nitro groups is 1. The molecule has 3 aromatic rings. The molecule has 0 fully saturated rings. The average molecular weight is 380 g/mol. The first-order valence-corrected chi connectivity index (χ1v) is 8.36. The van der Waals surface area contributed by atoms with E-state index in [1.54, 1.807) is 43.5 Å². The summed E-state index contributed by atoms with van der Waals surface area (Å²) < 4.78 is 6.50. The van der Waals surface area contributed by atoms with Crippen LogP contribution in [-0.4, -0.2) is 33.0 Å². The number of nitrogens with one attached hydrogen (secondary N) is 1. The second kappa shape index (κ2) is 8.12. The summed E-state index contributed by atoms with van der Waals surface area (Å²) >= 11 is 0. The summed E-state index contributed by atoms with van der Waals surface area (Å²) in [7, 11) is 0. The van der Waals surface area contributed by atoms with E-state index in [1.165, 1.54) is 28.9 Å². The Labute approximate surface area is 159 Å². The third-order valence-electron chi connectivity index (χ3n) is 3.82. The van der Waals surface area contributed by atoms with Crippen LogP contribution in [0.15, 0.2) is 54.9 Å². The predicted octanol–water partition coefficient (Wildman–Crippen LogP) is 3.07. The van der Waals surface area contributed by atoms with Gasteiger partial charge in [-0.25, -0.2) is 9.31 Å². The number of carbonyl (C=O) groups is 2. The molecule has 0 saturated heterocycles. The molecule has 0 aliphatic carbocycles. The molecular weight excluding hydrogens is 364 g/mol. The second-order valence-electron chi connectivity index (χ2n) is 5.70. The van der Waals surface area contributed by atoms with Crippen molar-refractivity contribution in [1.29, 1.82) is 0 Å². The van der Waals surface area contributed by atoms with E-state index < -0.39 is 10.9 Å². The number of pyridine rings is 1. The lowest BCUT2D eigenvalue weighted by molar-refractivity contribution is -0.384. The van der Waals surface area contributed by atoms with E-state index in [4.69, 9.17) is 4.74 Å². The molecular formula is C19H16N4O5. The summed E-state index contributed by atoms with van der Waals surface area (Å²) in [6.45, 7) is 1.96. The second-order valence-corrected chi connectivity index (χ2v) is 5.70. The molecule has 0 spiro atoms. The molecule has 1 N–H and O–H groups in total. The fraction of sp³-hybridized carbons (Fsp3) is 0.105. The highest BCUT2D eigenvalue weighted by molar-refractivity contribution is 6.03. The molecule has 0 aliphatic rings. The summed E-state index contributed by atoms with van der Waals surface area (Å²) in [6.07, 6.45) is 5.88. The smallest absolute Gasteiger partial charge is 0.341 e. The molecule has 2 aromatic heterocycles. The fourth-order valence-corrected chi connectivity index (χ4v) is 2.49. The Balaban J connectivity index is 1.72. The number of rotatable bonds is 6. The molecule has 142 valence electrons. The zero-order valence-electron chi connectivity index (χ0n) is 14.9. The molecule has 3 rings (SSSR count). The van der Waals surface area contributed by atoms with Crippen LogP contribution in [0.5, 0.6) is 0 Å². The first-order chi connectivity index (χ1) is 13.5. The van der Waals surface area contributed by atoms with Crippen molar-refractivity contribution < 1.29 is 19.2 Å². The largest absolute Gasteiger partial charge is 0.462 e. The molecule has 9 nitrogen and oxygen atoms in total. The number of aromatic nitrogens is 2. The Morgan fingerprint density at radius 2 is 2.04 bits per heavy atom. The minimum absolute atomic E-state index is 0.0203. The van der Waals surface area contributed by atoms with E-state index in [2.05, 4.69) is 10.4 Å². The van der Waals surface area contributed by atoms with E-state index in [1.807, 2.05) is 0 Å². The van der Waals surface area contributed by atoms with Gasteiger partial charge in [0, 0.05) is 30.1 Å². The minimum atomic E-state index is -0.489. The Morgan fingerprint density at radius 1 is 1.29 bits per heavy atom. The van der Waals surface area contributed by atoms with Gasteiger partial charge in [0.2, 0.25) is 5.91 Å². The summed E-state index contributed by atoms with van der Waals surface area (Å²) in [4.78, 5) is 34.3. The fourth-order valence-electron chi connectivity index (χ4n) is 2.49. The predicted molar refractivity (Wildman–Crippen MR) is 102 cm³/mol. The zero-order valence-corrected chi connectivity index (χ0v) is 14.9. The van der Waals surface area contributed by atoms with Crippen molar-refractivity contribution in [1.82, 2.24) is 9.61 Å². The van der Waals surface area contributed by atoms with Crippen LogP contribution < -0.4 is 5.32 Å². The van der Waals surface area contributed by atoms with Gasteiger partial charge in [-0.2, -0.15) is 5.10 Å². The van der Waals surface area contributed by atoms with E-state index in [-0.39, 0.29) is 18.2 Å². The summed E-state index contributed by atoms with van der Waals surface area (Å²) in [6, 6.07) is 9.09. The number of non-ortho nitro benzene ring substituents is 1. The van der Waals surface area contributed by atoms with Crippen molar-refractivity contribution in [3.8, 4) is 0 Å². The topological polar surface area (TPSA) is 116 Å². The zero-order chi connectivity index (χ0) is 20.1. The van der Waals surface area contributed by atoms with Crippen molar-refractivity contribution >= 4 is 34.8 Å². The van der Waals surface area contributed by atoms with Crippen LogP contribution in [0.3, 0.4) is 0 Å². The van der Waals surface area contributed by atoms with Crippen LogP contribution in [0.2, 0.25) is 0 Å². The Morgan fingerprint density at radius 3 is 2.71 bits per heavy atom. The third kappa shape index (κ3) is 4.21. The molecule has 0 atom stereocenters. The molecule has 1 aromatic carbocycles. The van der Waals surface area contributed by atoms with Crippen molar-refractivity contribution in [2.75, 3.05) is 11.9 Å². The van der Waals surface area contributed by atoms with Crippen LogP contribution in [-0.2, 0) is 9.53 Å². The number of nitrogens with zero attached hydrogens (tertiary/aromatic N) is 3. The molecule has 9 heteroatoms. The average Bonchev–Trinajstić information content (AvgIpc) is 3.10. The van der Waals surface area contributed by atoms with Gasteiger partial charge in [0.1, 0.15) is 5.56 Å². The van der Waals surface area contributed by atoms with Gasteiger partial charge in [0.25, 0.3) is 5.69 Å². The van der Waals surface area contributed by atoms with Gasteiger partial charge in [-0.3, -0.25) is 14.9 Å². The van der Waals surface area contributed by atoms with Gasteiger partial charge in [-0.1, -0.05) is 0 Å². The van der Waals surface area contributed by atoms with Crippen molar-refractivity contribution in [2.45, 2.75) is 6.92 Å². The standard InChI is InChI=1S/C19H16N4O5/c1-2-28-19(25)16-12-20-22-10-9-14(11-17(16)22)21-18(24)8-5-13-3-6-15(7-4-13)23(26)27/h3-12H,2H2,1H3,(H,21,24)/b8-5+. The number of esters is 1. The van der Waals surface area contributed by atoms with Gasteiger partial charge < -0.3 is 10.1 Å². The number of amides is 1. The summed E-state index contributed by atoms with van der Waals surface area (Å²) in [5.41, 5.74) is 1.93. The molecule has 0 unspecified atom stereocenters. The highest BCUT2D eigenvalue weighted by atomic mass is 16.6. The highest BCUT2D eigenvalue weighted by Gasteiger charge is 2.14. The van der Waals surface area contributed by atoms with E-state index >= 15 is 0 Å². The number of hydrogen-bond donors (Lipinski definition) is 1. The van der Waals surface area contributed by atoms with Crippen LogP contribution >= 0.6 is 0 Å². The SMILES string of the molecule is CCOC(=O)c1cnn2ccc(NC(=O)/C=C/c3ccc([N+](=O)[O-])cc3)cc12. The molecule has 28 heavy (non-hydrogen) atoms. The number of carbonyl (C=O) groups excluding carboxylic acids is 2. The number of nitro benzene ring substituents is 1. The van der Waals surface area contributed by atoms with E-state index in [9.17, 15) is 19.7 Å². The highest BCUT2D eigenvalue weighted by Crippen LogP contribution is 2.17. The lowest BCUT2D eigenvalue weighted by Gasteiger charge is -2.04.